The molecule has 2 aromatic carbocycles. The summed E-state index contributed by atoms with van der Waals surface area (Å²) in [7, 11) is 1.95. The van der Waals surface area contributed by atoms with Crippen LogP contribution >= 0.6 is 11.8 Å². The fourth-order valence-electron chi connectivity index (χ4n) is 2.85. The number of hydrogen-bond acceptors (Lipinski definition) is 7. The van der Waals surface area contributed by atoms with Gasteiger partial charge >= 0.3 is 0 Å². The fraction of sp³-hybridized carbons (Fsp3) is 0.190. The first-order valence-corrected chi connectivity index (χ1v) is 10.0. The Morgan fingerprint density at radius 1 is 1.13 bits per heavy atom. The summed E-state index contributed by atoms with van der Waals surface area (Å²) in [5.74, 6) is 0. The third-order valence-corrected chi connectivity index (χ3v) is 5.57. The van der Waals surface area contributed by atoms with E-state index in [0.29, 0.717) is 0 Å². The van der Waals surface area contributed by atoms with Gasteiger partial charge in [0, 0.05) is 17.9 Å². The number of benzene rings is 2. The average Bonchev–Trinajstić information content (AvgIpc) is 3.38. The molecule has 0 aliphatic heterocycles. The Morgan fingerprint density at radius 2 is 1.90 bits per heavy atom. The van der Waals surface area contributed by atoms with Gasteiger partial charge in [-0.05, 0) is 37.6 Å². The highest BCUT2D eigenvalue weighted by atomic mass is 32.2. The zero-order valence-electron chi connectivity index (χ0n) is 16.9. The first kappa shape index (κ1) is 21.2. The molecule has 0 bridgehead atoms. The van der Waals surface area contributed by atoms with Gasteiger partial charge in [0.2, 0.25) is 6.08 Å². The molecule has 2 heterocycles. The van der Waals surface area contributed by atoms with Gasteiger partial charge in [-0.25, -0.2) is 14.9 Å². The number of isocyanates is 1. The number of nitrogens with one attached hydrogen (secondary N) is 1. The van der Waals surface area contributed by atoms with Crippen molar-refractivity contribution in [2.45, 2.75) is 24.3 Å². The monoisotopic (exact) mass is 419 g/mol. The van der Waals surface area contributed by atoms with Crippen LogP contribution in [0.1, 0.15) is 23.3 Å². The summed E-state index contributed by atoms with van der Waals surface area (Å²) in [6.07, 6.45) is 4.43. The van der Waals surface area contributed by atoms with Crippen LogP contribution < -0.4 is 0 Å². The fourth-order valence-corrected chi connectivity index (χ4v) is 3.76. The summed E-state index contributed by atoms with van der Waals surface area (Å²) in [4.78, 5) is 8.35. The second-order valence-electron chi connectivity index (χ2n) is 6.60. The van der Waals surface area contributed by atoms with Crippen molar-refractivity contribution in [3.63, 3.8) is 0 Å². The minimum absolute atomic E-state index is 0.243. The molecule has 4 aromatic rings. The van der Waals surface area contributed by atoms with Crippen LogP contribution in [-0.2, 0) is 11.8 Å². The molecule has 30 heavy (non-hydrogen) atoms. The molecular formula is C21H21N7OS. The molecule has 0 unspecified atom stereocenters. The van der Waals surface area contributed by atoms with Gasteiger partial charge in [0.25, 0.3) is 0 Å². The number of thioether (sulfide) groups is 1. The Hall–Kier alpha value is -3.55. The summed E-state index contributed by atoms with van der Waals surface area (Å²) < 4.78 is 3.75. The van der Waals surface area contributed by atoms with Crippen LogP contribution in [0.15, 0.2) is 66.2 Å². The van der Waals surface area contributed by atoms with Gasteiger partial charge in [-0.3, -0.25) is 0 Å². The molecule has 1 atom stereocenters. The quantitative estimate of drug-likeness (QED) is 0.296. The van der Waals surface area contributed by atoms with Crippen molar-refractivity contribution < 1.29 is 4.79 Å². The third kappa shape index (κ3) is 5.08. The van der Waals surface area contributed by atoms with E-state index in [1.165, 1.54) is 11.1 Å². The first-order chi connectivity index (χ1) is 14.5. The van der Waals surface area contributed by atoms with Gasteiger partial charge in [0.05, 0.1) is 11.9 Å². The maximum Gasteiger partial charge on any atom is 0.231 e. The largest absolute Gasteiger partial charge is 0.312 e. The Kier molecular flexibility index (Phi) is 6.90. The maximum absolute atomic E-state index is 8.35. The van der Waals surface area contributed by atoms with Crippen LogP contribution in [0.4, 0.5) is 0 Å². The van der Waals surface area contributed by atoms with Crippen molar-refractivity contribution in [1.82, 2.24) is 29.8 Å². The molecule has 8 nitrogen and oxygen atoms in total. The number of aromatic nitrogens is 6. The zero-order chi connectivity index (χ0) is 21.5. The highest BCUT2D eigenvalue weighted by Gasteiger charge is 2.13. The van der Waals surface area contributed by atoms with E-state index < -0.39 is 0 Å². The molecule has 0 saturated carbocycles. The summed E-state index contributed by atoms with van der Waals surface area (Å²) in [6, 6.07) is 16.6. The van der Waals surface area contributed by atoms with Gasteiger partial charge in [0.1, 0.15) is 12.0 Å². The number of aryl methyl sites for hydroxylation is 2. The van der Waals surface area contributed by atoms with Gasteiger partial charge in [-0.1, -0.05) is 52.9 Å². The second kappa shape index (κ2) is 9.78. The maximum atomic E-state index is 8.35. The second-order valence-corrected chi connectivity index (χ2v) is 7.91. The van der Waals surface area contributed by atoms with Crippen LogP contribution in [-0.4, -0.2) is 35.8 Å². The van der Waals surface area contributed by atoms with Crippen LogP contribution in [0.3, 0.4) is 0 Å². The van der Waals surface area contributed by atoms with Gasteiger partial charge in [0.15, 0.2) is 5.16 Å². The van der Waals surface area contributed by atoms with E-state index in [1.54, 1.807) is 18.1 Å². The van der Waals surface area contributed by atoms with E-state index in [2.05, 4.69) is 64.7 Å². The molecular weight excluding hydrogens is 398 g/mol. The highest BCUT2D eigenvalue weighted by molar-refractivity contribution is 7.99. The topological polar surface area (TPSA) is 102 Å². The Balaban J connectivity index is 0.000000806. The molecule has 0 radical (unpaired) electrons. The molecule has 0 fully saturated rings. The van der Waals surface area contributed by atoms with Crippen molar-refractivity contribution in [3.05, 3.63) is 72.2 Å². The van der Waals surface area contributed by atoms with Crippen molar-refractivity contribution in [1.29, 1.82) is 5.41 Å². The number of hydrogen-bond donors (Lipinski definition) is 1. The molecule has 1 N–H and O–H groups in total. The number of rotatable bonds is 5. The van der Waals surface area contributed by atoms with E-state index in [1.807, 2.05) is 40.7 Å². The SMILES string of the molecule is Cc1cccc(-c2cn(-c3cccc([C@H](C)Sc4nncn4C)c3)nn2)c1.N=C=O. The lowest BCUT2D eigenvalue weighted by Gasteiger charge is -2.12. The van der Waals surface area contributed by atoms with Crippen molar-refractivity contribution in [2.24, 2.45) is 7.05 Å². The smallest absolute Gasteiger partial charge is 0.231 e. The molecule has 0 aliphatic carbocycles. The lowest BCUT2D eigenvalue weighted by atomic mass is 10.1. The number of nitrogens with zero attached hydrogens (tertiary/aromatic N) is 6. The average molecular weight is 420 g/mol. The minimum atomic E-state index is 0.243. The van der Waals surface area contributed by atoms with E-state index in [0.717, 1.165) is 28.2 Å². The van der Waals surface area contributed by atoms with Gasteiger partial charge in [-0.15, -0.1) is 15.3 Å². The van der Waals surface area contributed by atoms with E-state index in [9.17, 15) is 0 Å². The standard InChI is InChI=1S/C20H20N6S.CHNO/c1-14-6-4-8-17(10-14)19-12-26(24-22-19)18-9-5-7-16(11-18)15(2)27-20-23-21-13-25(20)3;2-1-3/h4-13,15H,1-3H3;2H/t15-;/m0./s1. The third-order valence-electron chi connectivity index (χ3n) is 4.36. The van der Waals surface area contributed by atoms with Crippen molar-refractivity contribution in [2.75, 3.05) is 0 Å². The molecule has 2 aromatic heterocycles. The van der Waals surface area contributed by atoms with Gasteiger partial charge in [-0.2, -0.15) is 0 Å². The normalized spacial score (nSPS) is 11.3. The molecule has 9 heteroatoms. The zero-order valence-corrected chi connectivity index (χ0v) is 17.7. The Bertz CT molecular complexity index is 1160. The van der Waals surface area contributed by atoms with Gasteiger partial charge < -0.3 is 4.57 Å². The highest BCUT2D eigenvalue weighted by Crippen LogP contribution is 2.33. The van der Waals surface area contributed by atoms with E-state index in [4.69, 9.17) is 10.2 Å². The predicted octanol–water partition coefficient (Wildman–Crippen LogP) is 4.13. The molecule has 0 spiro atoms. The molecule has 0 saturated heterocycles. The summed E-state index contributed by atoms with van der Waals surface area (Å²) in [5.41, 5.74) is 5.34. The lowest BCUT2D eigenvalue weighted by molar-refractivity contribution is 0.563. The lowest BCUT2D eigenvalue weighted by Crippen LogP contribution is -1.98. The van der Waals surface area contributed by atoms with Crippen LogP contribution in [0.2, 0.25) is 0 Å². The van der Waals surface area contributed by atoms with Crippen molar-refractivity contribution in [3.8, 4) is 16.9 Å². The Morgan fingerprint density at radius 3 is 2.60 bits per heavy atom. The molecule has 4 rings (SSSR count). The van der Waals surface area contributed by atoms with E-state index in [-0.39, 0.29) is 5.25 Å². The molecule has 0 amide bonds. The first-order valence-electron chi connectivity index (χ1n) is 9.16. The minimum Gasteiger partial charge on any atom is -0.312 e. The van der Waals surface area contributed by atoms with E-state index >= 15 is 0 Å². The van der Waals surface area contributed by atoms with Crippen LogP contribution in [0.25, 0.3) is 16.9 Å². The predicted molar refractivity (Wildman–Crippen MR) is 115 cm³/mol. The van der Waals surface area contributed by atoms with Crippen molar-refractivity contribution >= 4 is 17.8 Å². The van der Waals surface area contributed by atoms with Crippen LogP contribution in [0.5, 0.6) is 0 Å². The Labute approximate surface area is 178 Å². The summed E-state index contributed by atoms with van der Waals surface area (Å²) in [6.45, 7) is 4.24. The number of carbonyl (C=O) groups excluding carboxylic acids is 1. The molecule has 0 aliphatic rings. The van der Waals surface area contributed by atoms with Crippen LogP contribution in [0, 0.1) is 12.3 Å². The summed E-state index contributed by atoms with van der Waals surface area (Å²) in [5, 5.41) is 23.3. The summed E-state index contributed by atoms with van der Waals surface area (Å²) >= 11 is 1.68. The molecule has 152 valence electrons.